The monoisotopic (exact) mass is 287 g/mol. The quantitative estimate of drug-likeness (QED) is 0.449. The Morgan fingerprint density at radius 1 is 1.50 bits per heavy atom. The number of methoxy groups -OCH3 is 2. The molecule has 0 fully saturated rings. The molecule has 1 unspecified atom stereocenters. The number of nitrogens with zero attached hydrogens (tertiary/aromatic N) is 3. The van der Waals surface area contributed by atoms with Crippen LogP contribution < -0.4 is 0 Å². The number of hydrogen-bond acceptors (Lipinski definition) is 7. The predicted octanol–water partition coefficient (Wildman–Crippen LogP) is 0.311. The first kappa shape index (κ1) is 15.6. The van der Waals surface area contributed by atoms with Gasteiger partial charge in [-0.25, -0.2) is 14.3 Å². The lowest BCUT2D eigenvalue weighted by Gasteiger charge is -2.09. The lowest BCUT2D eigenvalue weighted by Crippen LogP contribution is -2.20. The summed E-state index contributed by atoms with van der Waals surface area (Å²) < 4.78 is 10.2. The maximum absolute atomic E-state index is 11.5. The number of aromatic nitrogens is 2. The van der Waals surface area contributed by atoms with Gasteiger partial charge in [0.05, 0.1) is 24.7 Å². The van der Waals surface area contributed by atoms with Gasteiger partial charge in [0, 0.05) is 7.11 Å². The highest BCUT2D eigenvalue weighted by atomic mass is 16.6. The molecule has 0 saturated carbocycles. The standard InChI is InChI=1S/C10H13N3O7/c1-5(19-2)4-12-8(9(14)15)7(13(17)18)6(11-12)10(16)20-3/h5H,4H2,1-3H3,(H,14,15). The maximum Gasteiger partial charge on any atom is 0.365 e. The second-order valence-electron chi connectivity index (χ2n) is 3.83. The molecular formula is C10H13N3O7. The SMILES string of the molecule is COC(=O)c1nn(CC(C)OC)c(C(=O)O)c1[N+](=O)[O-]. The first-order chi connectivity index (χ1) is 9.33. The van der Waals surface area contributed by atoms with Gasteiger partial charge in [0.25, 0.3) is 0 Å². The lowest BCUT2D eigenvalue weighted by molar-refractivity contribution is -0.385. The van der Waals surface area contributed by atoms with Gasteiger partial charge in [0.2, 0.25) is 11.4 Å². The van der Waals surface area contributed by atoms with Gasteiger partial charge in [0.1, 0.15) is 0 Å². The molecule has 110 valence electrons. The van der Waals surface area contributed by atoms with Gasteiger partial charge in [-0.2, -0.15) is 5.10 Å². The van der Waals surface area contributed by atoms with Crippen molar-refractivity contribution in [2.75, 3.05) is 14.2 Å². The molecule has 0 radical (unpaired) electrons. The predicted molar refractivity (Wildman–Crippen MR) is 63.7 cm³/mol. The Bertz CT molecular complexity index is 551. The van der Waals surface area contributed by atoms with Gasteiger partial charge < -0.3 is 14.6 Å². The summed E-state index contributed by atoms with van der Waals surface area (Å²) in [5.41, 5.74) is -2.25. The zero-order chi connectivity index (χ0) is 15.4. The minimum atomic E-state index is -1.57. The minimum absolute atomic E-state index is 0.0596. The number of hydrogen-bond donors (Lipinski definition) is 1. The molecule has 1 aromatic heterocycles. The topological polar surface area (TPSA) is 134 Å². The van der Waals surface area contributed by atoms with Crippen LogP contribution in [0.2, 0.25) is 0 Å². The Labute approximate surface area is 113 Å². The van der Waals surface area contributed by atoms with E-state index in [2.05, 4.69) is 9.84 Å². The summed E-state index contributed by atoms with van der Waals surface area (Å²) in [6.07, 6.45) is -0.446. The van der Waals surface area contributed by atoms with E-state index in [1.807, 2.05) is 0 Å². The summed E-state index contributed by atoms with van der Waals surface area (Å²) in [4.78, 5) is 32.6. The maximum atomic E-state index is 11.5. The van der Waals surface area contributed by atoms with E-state index in [-0.39, 0.29) is 6.54 Å². The van der Waals surface area contributed by atoms with E-state index < -0.39 is 40.0 Å². The molecule has 0 bridgehead atoms. The zero-order valence-electron chi connectivity index (χ0n) is 11.0. The first-order valence-electron chi connectivity index (χ1n) is 5.43. The van der Waals surface area contributed by atoms with Crippen molar-refractivity contribution in [3.8, 4) is 0 Å². The van der Waals surface area contributed by atoms with Gasteiger partial charge in [-0.05, 0) is 6.92 Å². The molecule has 0 aliphatic carbocycles. The summed E-state index contributed by atoms with van der Waals surface area (Å²) in [6.45, 7) is 1.56. The van der Waals surface area contributed by atoms with Crippen molar-refractivity contribution in [1.29, 1.82) is 0 Å². The largest absolute Gasteiger partial charge is 0.476 e. The molecule has 1 atom stereocenters. The average Bonchev–Trinajstić information content (AvgIpc) is 2.77. The molecular weight excluding hydrogens is 274 g/mol. The fourth-order valence-electron chi connectivity index (χ4n) is 1.52. The Kier molecular flexibility index (Phi) is 4.75. The summed E-state index contributed by atoms with van der Waals surface area (Å²) in [5, 5.41) is 23.7. The van der Waals surface area contributed by atoms with E-state index in [1.54, 1.807) is 6.92 Å². The second kappa shape index (κ2) is 6.10. The highest BCUT2D eigenvalue weighted by molar-refractivity contribution is 5.99. The average molecular weight is 287 g/mol. The molecule has 1 N–H and O–H groups in total. The first-order valence-corrected chi connectivity index (χ1v) is 5.43. The van der Waals surface area contributed by atoms with Crippen LogP contribution in [0.15, 0.2) is 0 Å². The van der Waals surface area contributed by atoms with Gasteiger partial charge in [0.15, 0.2) is 0 Å². The molecule has 1 aromatic rings. The number of nitro groups is 1. The van der Waals surface area contributed by atoms with Gasteiger partial charge in [-0.1, -0.05) is 0 Å². The van der Waals surface area contributed by atoms with Crippen LogP contribution in [0, 0.1) is 10.1 Å². The molecule has 10 nitrogen and oxygen atoms in total. The molecule has 0 aliphatic rings. The Balaban J connectivity index is 3.48. The van der Waals surface area contributed by atoms with Crippen molar-refractivity contribution >= 4 is 17.6 Å². The van der Waals surface area contributed by atoms with Gasteiger partial charge in [-0.15, -0.1) is 0 Å². The smallest absolute Gasteiger partial charge is 0.365 e. The Morgan fingerprint density at radius 2 is 2.10 bits per heavy atom. The van der Waals surface area contributed by atoms with Crippen LogP contribution in [-0.2, 0) is 16.0 Å². The van der Waals surface area contributed by atoms with E-state index in [0.29, 0.717) is 0 Å². The number of aromatic carboxylic acids is 1. The summed E-state index contributed by atoms with van der Waals surface area (Å²) >= 11 is 0. The number of rotatable bonds is 6. The van der Waals surface area contributed by atoms with Crippen LogP contribution in [0.5, 0.6) is 0 Å². The molecule has 0 aliphatic heterocycles. The number of carboxylic acid groups (broad SMARTS) is 1. The molecule has 10 heteroatoms. The van der Waals surface area contributed by atoms with Crippen molar-refractivity contribution in [1.82, 2.24) is 9.78 Å². The number of esters is 1. The number of carbonyl (C=O) groups excluding carboxylic acids is 1. The minimum Gasteiger partial charge on any atom is -0.476 e. The Hall–Kier alpha value is -2.49. The van der Waals surface area contributed by atoms with E-state index in [4.69, 9.17) is 9.84 Å². The molecule has 20 heavy (non-hydrogen) atoms. The van der Waals surface area contributed by atoms with Gasteiger partial charge in [-0.3, -0.25) is 10.1 Å². The highest BCUT2D eigenvalue weighted by Gasteiger charge is 2.36. The second-order valence-corrected chi connectivity index (χ2v) is 3.83. The number of carboxylic acids is 1. The third-order valence-electron chi connectivity index (χ3n) is 2.52. The normalized spacial score (nSPS) is 11.9. The number of carbonyl (C=O) groups is 2. The van der Waals surface area contributed by atoms with Crippen molar-refractivity contribution < 1.29 is 29.1 Å². The molecule has 0 spiro atoms. The summed E-state index contributed by atoms with van der Waals surface area (Å²) in [5.74, 6) is -2.65. The van der Waals surface area contributed by atoms with Crippen LogP contribution in [0.1, 0.15) is 27.9 Å². The molecule has 1 heterocycles. The Morgan fingerprint density at radius 3 is 2.50 bits per heavy atom. The van der Waals surface area contributed by atoms with Gasteiger partial charge >= 0.3 is 17.6 Å². The molecule has 0 aromatic carbocycles. The molecule has 0 amide bonds. The van der Waals surface area contributed by atoms with Crippen molar-refractivity contribution in [3.63, 3.8) is 0 Å². The molecule has 1 rings (SSSR count). The third kappa shape index (κ3) is 2.91. The fraction of sp³-hybridized carbons (Fsp3) is 0.500. The van der Waals surface area contributed by atoms with E-state index in [9.17, 15) is 19.7 Å². The summed E-state index contributed by atoms with van der Waals surface area (Å²) in [7, 11) is 2.41. The van der Waals surface area contributed by atoms with Crippen LogP contribution in [0.3, 0.4) is 0 Å². The summed E-state index contributed by atoms with van der Waals surface area (Å²) in [6, 6.07) is 0. The number of ether oxygens (including phenoxy) is 2. The van der Waals surface area contributed by atoms with Crippen LogP contribution >= 0.6 is 0 Å². The van der Waals surface area contributed by atoms with Crippen molar-refractivity contribution in [2.45, 2.75) is 19.6 Å². The van der Waals surface area contributed by atoms with Crippen molar-refractivity contribution in [2.24, 2.45) is 0 Å². The van der Waals surface area contributed by atoms with Crippen LogP contribution in [-0.4, -0.2) is 52.1 Å². The third-order valence-corrected chi connectivity index (χ3v) is 2.52. The van der Waals surface area contributed by atoms with E-state index in [1.165, 1.54) is 7.11 Å². The molecule has 0 saturated heterocycles. The fourth-order valence-corrected chi connectivity index (χ4v) is 1.52. The lowest BCUT2D eigenvalue weighted by atomic mass is 10.3. The van der Waals surface area contributed by atoms with Crippen LogP contribution in [0.25, 0.3) is 0 Å². The van der Waals surface area contributed by atoms with Crippen LogP contribution in [0.4, 0.5) is 5.69 Å². The highest BCUT2D eigenvalue weighted by Crippen LogP contribution is 2.25. The zero-order valence-corrected chi connectivity index (χ0v) is 11.0. The van der Waals surface area contributed by atoms with Crippen molar-refractivity contribution in [3.05, 3.63) is 21.5 Å². The van der Waals surface area contributed by atoms with E-state index in [0.717, 1.165) is 11.8 Å². The van der Waals surface area contributed by atoms with E-state index >= 15 is 0 Å².